The third-order valence-corrected chi connectivity index (χ3v) is 7.43. The number of nitrogens with zero attached hydrogens (tertiary/aromatic N) is 2. The van der Waals surface area contributed by atoms with Crippen molar-refractivity contribution in [2.45, 2.75) is 33.2 Å². The summed E-state index contributed by atoms with van der Waals surface area (Å²) in [7, 11) is -3.02. The molecular weight excluding hydrogens is 380 g/mol. The minimum absolute atomic E-state index is 0.0588. The maximum absolute atomic E-state index is 12.4. The second-order valence-electron chi connectivity index (χ2n) is 6.32. The molecule has 0 bridgehead atoms. The molecule has 3 heterocycles. The predicted octanol–water partition coefficient (Wildman–Crippen LogP) is 3.78. The lowest BCUT2D eigenvalue weighted by molar-refractivity contribution is 0.104. The zero-order valence-electron chi connectivity index (χ0n) is 14.2. The number of rotatable bonds is 4. The molecule has 1 aliphatic heterocycles. The number of aromatic nitrogens is 2. The van der Waals surface area contributed by atoms with E-state index in [9.17, 15) is 13.2 Å². The first-order valence-electron chi connectivity index (χ1n) is 7.92. The molecule has 0 aromatic carbocycles. The van der Waals surface area contributed by atoms with Gasteiger partial charge in [0, 0.05) is 20.9 Å². The molecule has 0 unspecified atom stereocenters. The Morgan fingerprint density at radius 1 is 1.40 bits per heavy atom. The van der Waals surface area contributed by atoms with E-state index in [0.717, 1.165) is 9.75 Å². The minimum atomic E-state index is -3.02. The van der Waals surface area contributed by atoms with Crippen molar-refractivity contribution >= 4 is 44.6 Å². The number of sulfone groups is 1. The fraction of sp³-hybridized carbons (Fsp3) is 0.412. The molecule has 0 aliphatic carbocycles. The maximum atomic E-state index is 12.4. The van der Waals surface area contributed by atoms with Crippen molar-refractivity contribution in [1.82, 2.24) is 9.78 Å². The van der Waals surface area contributed by atoms with Gasteiger partial charge in [0.25, 0.3) is 0 Å². The number of carbonyl (C=O) groups excluding carboxylic acids is 1. The van der Waals surface area contributed by atoms with E-state index in [1.807, 2.05) is 19.9 Å². The van der Waals surface area contributed by atoms with E-state index < -0.39 is 9.84 Å². The van der Waals surface area contributed by atoms with Crippen LogP contribution in [-0.4, -0.2) is 35.5 Å². The minimum Gasteiger partial charge on any atom is -0.289 e. The molecule has 25 heavy (non-hydrogen) atoms. The molecule has 0 spiro atoms. The van der Waals surface area contributed by atoms with Crippen LogP contribution in [0.25, 0.3) is 6.08 Å². The molecule has 3 rings (SSSR count). The van der Waals surface area contributed by atoms with E-state index in [-0.39, 0.29) is 23.3 Å². The van der Waals surface area contributed by atoms with E-state index >= 15 is 0 Å². The van der Waals surface area contributed by atoms with Crippen LogP contribution in [0.2, 0.25) is 5.15 Å². The quantitative estimate of drug-likeness (QED) is 0.580. The smallest absolute Gasteiger partial charge is 0.186 e. The van der Waals surface area contributed by atoms with Crippen LogP contribution in [0.3, 0.4) is 0 Å². The molecule has 2 aromatic rings. The van der Waals surface area contributed by atoms with Gasteiger partial charge >= 0.3 is 0 Å². The molecule has 0 N–H and O–H groups in total. The second-order valence-corrected chi connectivity index (χ2v) is 10.4. The molecule has 0 amide bonds. The molecular formula is C17H19ClN2O3S2. The topological polar surface area (TPSA) is 69.0 Å². The summed E-state index contributed by atoms with van der Waals surface area (Å²) in [5.41, 5.74) is 2.03. The lowest BCUT2D eigenvalue weighted by atomic mass is 10.1. The van der Waals surface area contributed by atoms with Crippen molar-refractivity contribution in [3.05, 3.63) is 43.9 Å². The number of hydrogen-bond donors (Lipinski definition) is 0. The van der Waals surface area contributed by atoms with Crippen LogP contribution in [0.4, 0.5) is 0 Å². The van der Waals surface area contributed by atoms with Gasteiger partial charge in [0.15, 0.2) is 15.6 Å². The summed E-state index contributed by atoms with van der Waals surface area (Å²) in [6.07, 6.45) is 3.68. The van der Waals surface area contributed by atoms with Crippen LogP contribution in [0, 0.1) is 20.8 Å². The van der Waals surface area contributed by atoms with Gasteiger partial charge in [-0.25, -0.2) is 13.1 Å². The summed E-state index contributed by atoms with van der Waals surface area (Å²) in [4.78, 5) is 14.5. The lowest BCUT2D eigenvalue weighted by Gasteiger charge is -2.09. The van der Waals surface area contributed by atoms with E-state index in [1.165, 1.54) is 6.08 Å². The highest BCUT2D eigenvalue weighted by atomic mass is 35.5. The third-order valence-electron chi connectivity index (χ3n) is 4.33. The van der Waals surface area contributed by atoms with Crippen LogP contribution >= 0.6 is 22.9 Å². The highest BCUT2D eigenvalue weighted by molar-refractivity contribution is 7.91. The first kappa shape index (κ1) is 18.4. The van der Waals surface area contributed by atoms with E-state index in [1.54, 1.807) is 29.0 Å². The van der Waals surface area contributed by atoms with Crippen molar-refractivity contribution in [3.8, 4) is 0 Å². The number of ketones is 1. The molecule has 0 saturated carbocycles. The van der Waals surface area contributed by atoms with Gasteiger partial charge in [0.2, 0.25) is 0 Å². The van der Waals surface area contributed by atoms with Gasteiger partial charge in [-0.2, -0.15) is 5.10 Å². The number of thiophene rings is 1. The average Bonchev–Trinajstić information content (AvgIpc) is 3.13. The highest BCUT2D eigenvalue weighted by Crippen LogP contribution is 2.30. The first-order chi connectivity index (χ1) is 11.7. The van der Waals surface area contributed by atoms with Crippen LogP contribution in [0.15, 0.2) is 12.1 Å². The van der Waals surface area contributed by atoms with E-state index in [0.29, 0.717) is 28.4 Å². The van der Waals surface area contributed by atoms with Gasteiger partial charge in [-0.15, -0.1) is 11.3 Å². The zero-order chi connectivity index (χ0) is 18.4. The van der Waals surface area contributed by atoms with Gasteiger partial charge in [0.1, 0.15) is 5.15 Å². The lowest BCUT2D eigenvalue weighted by Crippen LogP contribution is -2.12. The summed E-state index contributed by atoms with van der Waals surface area (Å²) in [5.74, 6) is 0.143. The summed E-state index contributed by atoms with van der Waals surface area (Å²) in [6.45, 7) is 5.70. The summed E-state index contributed by atoms with van der Waals surface area (Å²) < 4.78 is 24.9. The van der Waals surface area contributed by atoms with Gasteiger partial charge in [0.05, 0.1) is 23.2 Å². The molecule has 1 saturated heterocycles. The molecule has 5 nitrogen and oxygen atoms in total. The SMILES string of the molecule is Cc1cc(C(=O)/C=C/c2c(C)nn([C@H]3CCS(=O)(=O)C3)c2Cl)c(C)s1. The molecule has 2 aromatic heterocycles. The number of allylic oxidation sites excluding steroid dienone is 1. The van der Waals surface area contributed by atoms with Crippen molar-refractivity contribution < 1.29 is 13.2 Å². The Hall–Kier alpha value is -1.44. The molecule has 8 heteroatoms. The number of hydrogen-bond acceptors (Lipinski definition) is 5. The monoisotopic (exact) mass is 398 g/mol. The summed E-state index contributed by atoms with van der Waals surface area (Å²) in [5, 5.41) is 4.77. The fourth-order valence-corrected chi connectivity index (χ4v) is 6.05. The fourth-order valence-electron chi connectivity index (χ4n) is 3.06. The van der Waals surface area contributed by atoms with Crippen LogP contribution in [0.5, 0.6) is 0 Å². The average molecular weight is 399 g/mol. The maximum Gasteiger partial charge on any atom is 0.186 e. The van der Waals surface area contributed by atoms with Crippen LogP contribution < -0.4 is 0 Å². The number of carbonyl (C=O) groups is 1. The first-order valence-corrected chi connectivity index (χ1v) is 10.9. The van der Waals surface area contributed by atoms with Crippen LogP contribution in [-0.2, 0) is 9.84 Å². The van der Waals surface area contributed by atoms with Gasteiger partial charge in [-0.3, -0.25) is 4.79 Å². The van der Waals surface area contributed by atoms with Crippen molar-refractivity contribution in [2.75, 3.05) is 11.5 Å². The molecule has 0 radical (unpaired) electrons. The molecule has 1 aliphatic rings. The Labute approximate surface area is 156 Å². The molecule has 134 valence electrons. The third kappa shape index (κ3) is 3.73. The van der Waals surface area contributed by atoms with Crippen LogP contribution in [0.1, 0.15) is 43.8 Å². The summed E-state index contributed by atoms with van der Waals surface area (Å²) >= 11 is 8.00. The molecule has 1 fully saturated rings. The largest absolute Gasteiger partial charge is 0.289 e. The van der Waals surface area contributed by atoms with Gasteiger partial charge in [-0.05, 0) is 45.4 Å². The van der Waals surface area contributed by atoms with E-state index in [4.69, 9.17) is 11.6 Å². The Morgan fingerprint density at radius 3 is 2.68 bits per heavy atom. The number of halogens is 1. The highest BCUT2D eigenvalue weighted by Gasteiger charge is 2.31. The normalized spacial score (nSPS) is 19.8. The standard InChI is InChI=1S/C17H19ClN2O3S2/c1-10-8-15(12(3)24-10)16(21)5-4-14-11(2)19-20(17(14)18)13-6-7-25(22,23)9-13/h4-5,8,13H,6-7,9H2,1-3H3/b5-4+/t13-/m0/s1. The Kier molecular flexibility index (Phi) is 4.92. The second kappa shape index (κ2) is 6.70. The van der Waals surface area contributed by atoms with Crippen molar-refractivity contribution in [2.24, 2.45) is 0 Å². The Balaban J connectivity index is 1.86. The van der Waals surface area contributed by atoms with Gasteiger partial charge in [-0.1, -0.05) is 11.6 Å². The number of aryl methyl sites for hydroxylation is 3. The van der Waals surface area contributed by atoms with E-state index in [2.05, 4.69) is 5.10 Å². The zero-order valence-corrected chi connectivity index (χ0v) is 16.6. The van der Waals surface area contributed by atoms with Crippen molar-refractivity contribution in [1.29, 1.82) is 0 Å². The Morgan fingerprint density at radius 2 is 2.12 bits per heavy atom. The van der Waals surface area contributed by atoms with Gasteiger partial charge < -0.3 is 0 Å². The Bertz CT molecular complexity index is 970. The predicted molar refractivity (Wildman–Crippen MR) is 101 cm³/mol. The van der Waals surface area contributed by atoms with Crippen molar-refractivity contribution in [3.63, 3.8) is 0 Å². The molecule has 1 atom stereocenters. The summed E-state index contributed by atoms with van der Waals surface area (Å²) in [6, 6.07) is 1.64.